The minimum Gasteiger partial charge on any atom is -0.339 e. The summed E-state index contributed by atoms with van der Waals surface area (Å²) in [5, 5.41) is 3.51. The summed E-state index contributed by atoms with van der Waals surface area (Å²) >= 11 is 0. The molecule has 0 radical (unpaired) electrons. The second kappa shape index (κ2) is 8.12. The molecule has 0 aliphatic carbocycles. The van der Waals surface area contributed by atoms with E-state index in [1.807, 2.05) is 6.92 Å². The number of alkyl halides is 3. The quantitative estimate of drug-likeness (QED) is 0.673. The summed E-state index contributed by atoms with van der Waals surface area (Å²) in [5.41, 5.74) is 1.56. The molecule has 0 bridgehead atoms. The lowest BCUT2D eigenvalue weighted by Gasteiger charge is -2.28. The Balaban J connectivity index is 1.80. The first kappa shape index (κ1) is 22.4. The van der Waals surface area contributed by atoms with Crippen molar-refractivity contribution in [3.05, 3.63) is 22.8 Å². The number of aryl methyl sites for hydroxylation is 2. The Morgan fingerprint density at radius 1 is 1.27 bits per heavy atom. The van der Waals surface area contributed by atoms with Crippen LogP contribution in [0.1, 0.15) is 49.0 Å². The lowest BCUT2D eigenvalue weighted by molar-refractivity contribution is -0.144. The summed E-state index contributed by atoms with van der Waals surface area (Å²) in [6.07, 6.45) is -3.18. The van der Waals surface area contributed by atoms with E-state index in [2.05, 4.69) is 15.1 Å². The molecule has 0 aromatic carbocycles. The Morgan fingerprint density at radius 3 is 2.53 bits per heavy atom. The van der Waals surface area contributed by atoms with Gasteiger partial charge in [0.1, 0.15) is 0 Å². The van der Waals surface area contributed by atoms with Crippen molar-refractivity contribution in [2.45, 2.75) is 58.7 Å². The summed E-state index contributed by atoms with van der Waals surface area (Å²) in [6.45, 7) is 5.65. The predicted octanol–water partition coefficient (Wildman–Crippen LogP) is 2.12. The first-order chi connectivity index (χ1) is 13.9. The third kappa shape index (κ3) is 4.57. The van der Waals surface area contributed by atoms with Gasteiger partial charge in [0.25, 0.3) is 11.6 Å². The highest BCUT2D eigenvalue weighted by Crippen LogP contribution is 2.27. The van der Waals surface area contributed by atoms with Crippen molar-refractivity contribution in [1.29, 1.82) is 0 Å². The maximum Gasteiger partial charge on any atom is 0.453 e. The van der Waals surface area contributed by atoms with Crippen LogP contribution in [0.25, 0.3) is 5.78 Å². The predicted molar refractivity (Wildman–Crippen MR) is 103 cm³/mol. The minimum absolute atomic E-state index is 0.0243. The first-order valence-electron chi connectivity index (χ1n) is 9.73. The zero-order chi connectivity index (χ0) is 22.3. The lowest BCUT2D eigenvalue weighted by atomic mass is 10.1. The Bertz CT molecular complexity index is 1070. The van der Waals surface area contributed by atoms with Gasteiger partial charge in [-0.05, 0) is 38.7 Å². The van der Waals surface area contributed by atoms with Crippen molar-refractivity contribution < 1.29 is 26.4 Å². The van der Waals surface area contributed by atoms with Gasteiger partial charge in [-0.1, -0.05) is 6.92 Å². The van der Waals surface area contributed by atoms with Gasteiger partial charge in [0.05, 0.1) is 11.5 Å². The number of hydrogen-bond acceptors (Lipinski definition) is 6. The van der Waals surface area contributed by atoms with E-state index in [0.29, 0.717) is 36.3 Å². The maximum atomic E-state index is 12.9. The Labute approximate surface area is 172 Å². The van der Waals surface area contributed by atoms with Crippen molar-refractivity contribution in [1.82, 2.24) is 24.5 Å². The van der Waals surface area contributed by atoms with Crippen molar-refractivity contribution in [3.63, 3.8) is 0 Å². The van der Waals surface area contributed by atoms with Crippen LogP contribution in [0.5, 0.6) is 0 Å². The number of aromatic nitrogens is 4. The highest BCUT2D eigenvalue weighted by molar-refractivity contribution is 7.91. The zero-order valence-corrected chi connectivity index (χ0v) is 17.8. The van der Waals surface area contributed by atoms with Crippen LogP contribution in [-0.4, -0.2) is 62.9 Å². The molecule has 0 saturated carbocycles. The largest absolute Gasteiger partial charge is 0.453 e. The molecule has 166 valence electrons. The van der Waals surface area contributed by atoms with Gasteiger partial charge in [-0.3, -0.25) is 4.79 Å². The van der Waals surface area contributed by atoms with Gasteiger partial charge in [0.15, 0.2) is 9.84 Å². The van der Waals surface area contributed by atoms with E-state index in [1.54, 1.807) is 18.7 Å². The number of amides is 1. The normalized spacial score (nSPS) is 18.8. The molecule has 2 aromatic rings. The average Bonchev–Trinajstić information content (AvgIpc) is 3.22. The second-order valence-corrected chi connectivity index (χ2v) is 9.78. The summed E-state index contributed by atoms with van der Waals surface area (Å²) in [7, 11) is -3.12. The van der Waals surface area contributed by atoms with Gasteiger partial charge in [-0.2, -0.15) is 18.2 Å². The highest BCUT2D eigenvalue weighted by atomic mass is 32.2. The number of carbonyl (C=O) groups is 1. The Morgan fingerprint density at radius 2 is 1.97 bits per heavy atom. The maximum absolute atomic E-state index is 12.9. The number of nitrogens with zero attached hydrogens (tertiary/aromatic N) is 5. The molecule has 1 atom stereocenters. The average molecular weight is 447 g/mol. The van der Waals surface area contributed by atoms with E-state index in [4.69, 9.17) is 0 Å². The molecule has 0 spiro atoms. The lowest BCUT2D eigenvalue weighted by Crippen LogP contribution is -2.41. The van der Waals surface area contributed by atoms with Crippen LogP contribution in [0.4, 0.5) is 13.2 Å². The van der Waals surface area contributed by atoms with E-state index < -0.39 is 21.8 Å². The van der Waals surface area contributed by atoms with Crippen molar-refractivity contribution in [2.24, 2.45) is 0 Å². The second-order valence-electron chi connectivity index (χ2n) is 7.55. The van der Waals surface area contributed by atoms with Gasteiger partial charge in [-0.25, -0.2) is 17.9 Å². The van der Waals surface area contributed by atoms with E-state index in [1.165, 1.54) is 0 Å². The molecule has 0 N–H and O–H groups in total. The summed E-state index contributed by atoms with van der Waals surface area (Å²) in [4.78, 5) is 22.0. The van der Waals surface area contributed by atoms with Crippen molar-refractivity contribution in [2.75, 3.05) is 18.1 Å². The molecule has 12 heteroatoms. The van der Waals surface area contributed by atoms with Gasteiger partial charge in [-0.15, -0.1) is 5.10 Å². The Kier molecular flexibility index (Phi) is 6.08. The van der Waals surface area contributed by atoms with Gasteiger partial charge in [0.2, 0.25) is 5.91 Å². The summed E-state index contributed by atoms with van der Waals surface area (Å²) in [5.74, 6) is -1.52. The number of sulfone groups is 1. The molecule has 1 aliphatic rings. The van der Waals surface area contributed by atoms with Crippen LogP contribution in [-0.2, 0) is 27.2 Å². The van der Waals surface area contributed by atoms with E-state index in [-0.39, 0.29) is 42.1 Å². The van der Waals surface area contributed by atoms with Crippen molar-refractivity contribution in [3.8, 4) is 0 Å². The zero-order valence-electron chi connectivity index (χ0n) is 17.0. The molecular formula is C18H24F3N5O3S. The molecule has 1 fully saturated rings. The number of carbonyl (C=O) groups excluding carboxylic acids is 1. The molecular weight excluding hydrogens is 423 g/mol. The van der Waals surface area contributed by atoms with Crippen LogP contribution >= 0.6 is 0 Å². The van der Waals surface area contributed by atoms with Crippen LogP contribution in [0.15, 0.2) is 0 Å². The van der Waals surface area contributed by atoms with Gasteiger partial charge >= 0.3 is 6.18 Å². The monoisotopic (exact) mass is 447 g/mol. The topological polar surface area (TPSA) is 97.5 Å². The molecule has 1 unspecified atom stereocenters. The fraction of sp³-hybridized carbons (Fsp3) is 0.667. The summed E-state index contributed by atoms with van der Waals surface area (Å²) in [6, 6.07) is -0.324. The SMILES string of the molecule is CCCN(C(=O)CCc1c(C)nc2nc(C(F)(F)F)nn2c1C)C1CCS(=O)(=O)C1. The molecule has 1 saturated heterocycles. The van der Waals surface area contributed by atoms with E-state index in [9.17, 15) is 26.4 Å². The fourth-order valence-electron chi connectivity index (χ4n) is 3.84. The fourth-order valence-corrected chi connectivity index (χ4v) is 5.57. The van der Waals surface area contributed by atoms with Crippen LogP contribution in [0.3, 0.4) is 0 Å². The first-order valence-corrected chi connectivity index (χ1v) is 11.5. The molecule has 8 nitrogen and oxygen atoms in total. The van der Waals surface area contributed by atoms with Crippen LogP contribution in [0.2, 0.25) is 0 Å². The van der Waals surface area contributed by atoms with E-state index >= 15 is 0 Å². The molecule has 1 aliphatic heterocycles. The summed E-state index contributed by atoms with van der Waals surface area (Å²) < 4.78 is 63.4. The van der Waals surface area contributed by atoms with Crippen LogP contribution in [0, 0.1) is 13.8 Å². The molecule has 3 heterocycles. The van der Waals surface area contributed by atoms with Crippen molar-refractivity contribution >= 4 is 21.5 Å². The standard InChI is InChI=1S/C18H24F3N5O3S/c1-4-8-25(13-7-9-30(28,29)10-13)15(27)6-5-14-11(2)22-17-23-16(18(19,20)21)24-26(17)12(14)3/h13H,4-10H2,1-3H3. The third-order valence-corrected chi connectivity index (χ3v) is 7.08. The number of hydrogen-bond donors (Lipinski definition) is 0. The Hall–Kier alpha value is -2.24. The molecule has 1 amide bonds. The van der Waals surface area contributed by atoms with Gasteiger partial charge < -0.3 is 4.90 Å². The highest BCUT2D eigenvalue weighted by Gasteiger charge is 2.37. The number of rotatable bonds is 6. The van der Waals surface area contributed by atoms with E-state index in [0.717, 1.165) is 4.52 Å². The molecule has 3 rings (SSSR count). The minimum atomic E-state index is -4.67. The molecule has 30 heavy (non-hydrogen) atoms. The third-order valence-electron chi connectivity index (χ3n) is 5.33. The number of halogens is 3. The number of fused-ring (bicyclic) bond motifs is 1. The van der Waals surface area contributed by atoms with Crippen LogP contribution < -0.4 is 0 Å². The smallest absolute Gasteiger partial charge is 0.339 e. The molecule has 2 aromatic heterocycles. The van der Waals surface area contributed by atoms with Gasteiger partial charge in [0, 0.05) is 30.4 Å².